The van der Waals surface area contributed by atoms with Crippen LogP contribution in [0, 0.1) is 0 Å². The minimum Gasteiger partial charge on any atom is -0.496 e. The van der Waals surface area contributed by atoms with E-state index in [1.165, 1.54) is 5.56 Å². The van der Waals surface area contributed by atoms with Gasteiger partial charge in [-0.3, -0.25) is 4.79 Å². The fraction of sp³-hybridized carbons (Fsp3) is 0.182. The Morgan fingerprint density at radius 1 is 1.04 bits per heavy atom. The molecule has 3 rings (SSSR count). The zero-order valence-corrected chi connectivity index (χ0v) is 15.2. The molecule has 0 spiro atoms. The summed E-state index contributed by atoms with van der Waals surface area (Å²) in [5, 5.41) is 6.07. The first-order valence-corrected chi connectivity index (χ1v) is 8.58. The van der Waals surface area contributed by atoms with E-state index in [4.69, 9.17) is 4.74 Å². The van der Waals surface area contributed by atoms with Crippen LogP contribution in [0.4, 0.5) is 0 Å². The maximum Gasteiger partial charge on any atom is 0.275 e. The van der Waals surface area contributed by atoms with Crippen molar-refractivity contribution in [1.82, 2.24) is 5.43 Å². The van der Waals surface area contributed by atoms with Gasteiger partial charge in [-0.05, 0) is 39.9 Å². The van der Waals surface area contributed by atoms with Gasteiger partial charge in [0.1, 0.15) is 5.75 Å². The molecule has 0 saturated carbocycles. The molecule has 0 saturated heterocycles. The number of nitrogens with zero attached hydrogens (tertiary/aromatic N) is 1. The molecule has 3 aromatic carbocycles. The number of hydrogen-bond acceptors (Lipinski definition) is 3. The molecule has 1 amide bonds. The van der Waals surface area contributed by atoms with Crippen molar-refractivity contribution in [3.05, 3.63) is 77.4 Å². The molecule has 0 bridgehead atoms. The third-order valence-corrected chi connectivity index (χ3v) is 4.30. The van der Waals surface area contributed by atoms with Crippen LogP contribution < -0.4 is 10.2 Å². The standard InChI is InChI=1S/C22H22N2O2/c1-15(2)17-10-8-16(9-11-17)14-23-24-22(25)20-12-18-6-4-5-7-19(18)13-21(20)26-3/h4-15H,1-3H3,(H,24,25)/b23-14-. The second-order valence-electron chi connectivity index (χ2n) is 6.42. The van der Waals surface area contributed by atoms with Crippen LogP contribution in [0.15, 0.2) is 65.8 Å². The van der Waals surface area contributed by atoms with Crippen LogP contribution in [0.1, 0.15) is 41.3 Å². The second kappa shape index (κ2) is 7.83. The van der Waals surface area contributed by atoms with Gasteiger partial charge < -0.3 is 4.74 Å². The summed E-state index contributed by atoms with van der Waals surface area (Å²) in [4.78, 5) is 12.5. The number of rotatable bonds is 5. The quantitative estimate of drug-likeness (QED) is 0.536. The van der Waals surface area contributed by atoms with Crippen LogP contribution in [0.25, 0.3) is 10.8 Å². The molecule has 0 unspecified atom stereocenters. The van der Waals surface area contributed by atoms with E-state index in [-0.39, 0.29) is 5.91 Å². The van der Waals surface area contributed by atoms with E-state index in [1.807, 2.05) is 48.5 Å². The number of hydrazone groups is 1. The highest BCUT2D eigenvalue weighted by Crippen LogP contribution is 2.25. The Kier molecular flexibility index (Phi) is 5.32. The molecule has 3 aromatic rings. The van der Waals surface area contributed by atoms with Gasteiger partial charge >= 0.3 is 0 Å². The Labute approximate surface area is 153 Å². The van der Waals surface area contributed by atoms with Crippen molar-refractivity contribution < 1.29 is 9.53 Å². The van der Waals surface area contributed by atoms with Crippen molar-refractivity contribution in [3.8, 4) is 5.75 Å². The lowest BCUT2D eigenvalue weighted by atomic mass is 10.0. The maximum atomic E-state index is 12.5. The summed E-state index contributed by atoms with van der Waals surface area (Å²) in [6.07, 6.45) is 1.63. The fourth-order valence-electron chi connectivity index (χ4n) is 2.76. The van der Waals surface area contributed by atoms with E-state index in [1.54, 1.807) is 13.3 Å². The highest BCUT2D eigenvalue weighted by atomic mass is 16.5. The number of methoxy groups -OCH3 is 1. The van der Waals surface area contributed by atoms with E-state index < -0.39 is 0 Å². The van der Waals surface area contributed by atoms with Crippen LogP contribution in [-0.4, -0.2) is 19.2 Å². The Balaban J connectivity index is 1.76. The second-order valence-corrected chi connectivity index (χ2v) is 6.42. The van der Waals surface area contributed by atoms with E-state index in [9.17, 15) is 4.79 Å². The molecule has 0 atom stereocenters. The molecule has 0 heterocycles. The summed E-state index contributed by atoms with van der Waals surface area (Å²) in [6.45, 7) is 4.31. The van der Waals surface area contributed by atoms with Crippen LogP contribution in [0.2, 0.25) is 0 Å². The maximum absolute atomic E-state index is 12.5. The zero-order valence-electron chi connectivity index (χ0n) is 15.2. The van der Waals surface area contributed by atoms with Gasteiger partial charge in [0.25, 0.3) is 5.91 Å². The highest BCUT2D eigenvalue weighted by Gasteiger charge is 2.13. The first-order chi connectivity index (χ1) is 12.6. The number of benzene rings is 3. The molecular formula is C22H22N2O2. The van der Waals surface area contributed by atoms with Crippen molar-refractivity contribution in [2.75, 3.05) is 7.11 Å². The van der Waals surface area contributed by atoms with E-state index in [0.717, 1.165) is 16.3 Å². The van der Waals surface area contributed by atoms with Gasteiger partial charge in [-0.2, -0.15) is 5.10 Å². The fourth-order valence-corrected chi connectivity index (χ4v) is 2.76. The van der Waals surface area contributed by atoms with E-state index in [0.29, 0.717) is 17.2 Å². The van der Waals surface area contributed by atoms with E-state index >= 15 is 0 Å². The predicted octanol–water partition coefficient (Wildman–Crippen LogP) is 4.74. The molecule has 0 fully saturated rings. The summed E-state index contributed by atoms with van der Waals surface area (Å²) in [7, 11) is 1.56. The summed E-state index contributed by atoms with van der Waals surface area (Å²) in [6, 6.07) is 19.6. The van der Waals surface area contributed by atoms with Crippen LogP contribution in [0.3, 0.4) is 0 Å². The van der Waals surface area contributed by atoms with Gasteiger partial charge in [0.15, 0.2) is 0 Å². The zero-order chi connectivity index (χ0) is 18.5. The normalized spacial score (nSPS) is 11.2. The number of carbonyl (C=O) groups excluding carboxylic acids is 1. The van der Waals surface area contributed by atoms with Crippen molar-refractivity contribution in [2.45, 2.75) is 19.8 Å². The van der Waals surface area contributed by atoms with E-state index in [2.05, 4.69) is 36.5 Å². The van der Waals surface area contributed by atoms with Crippen LogP contribution in [-0.2, 0) is 0 Å². The number of ether oxygens (including phenoxy) is 1. The number of nitrogens with one attached hydrogen (secondary N) is 1. The Morgan fingerprint density at radius 2 is 1.69 bits per heavy atom. The van der Waals surface area contributed by atoms with Crippen LogP contribution in [0.5, 0.6) is 5.75 Å². The molecular weight excluding hydrogens is 324 g/mol. The summed E-state index contributed by atoms with van der Waals surface area (Å²) in [5.74, 6) is 0.710. The minimum atomic E-state index is -0.303. The average Bonchev–Trinajstić information content (AvgIpc) is 2.67. The summed E-state index contributed by atoms with van der Waals surface area (Å²) in [5.41, 5.74) is 5.23. The molecule has 4 heteroatoms. The molecule has 0 aliphatic rings. The highest BCUT2D eigenvalue weighted by molar-refractivity contribution is 6.01. The van der Waals surface area contributed by atoms with Gasteiger partial charge in [0, 0.05) is 0 Å². The van der Waals surface area contributed by atoms with Crippen molar-refractivity contribution in [2.24, 2.45) is 5.10 Å². The van der Waals surface area contributed by atoms with Crippen molar-refractivity contribution in [1.29, 1.82) is 0 Å². The Bertz CT molecular complexity index is 944. The number of fused-ring (bicyclic) bond motifs is 1. The first kappa shape index (κ1) is 17.7. The Hall–Kier alpha value is -3.14. The molecule has 4 nitrogen and oxygen atoms in total. The minimum absolute atomic E-state index is 0.303. The van der Waals surface area contributed by atoms with Crippen molar-refractivity contribution in [3.63, 3.8) is 0 Å². The molecule has 1 N–H and O–H groups in total. The Morgan fingerprint density at radius 3 is 2.31 bits per heavy atom. The molecule has 0 aliphatic heterocycles. The third-order valence-electron chi connectivity index (χ3n) is 4.30. The number of hydrogen-bond donors (Lipinski definition) is 1. The lowest BCUT2D eigenvalue weighted by Crippen LogP contribution is -2.18. The van der Waals surface area contributed by atoms with Gasteiger partial charge in [-0.1, -0.05) is 62.4 Å². The lowest BCUT2D eigenvalue weighted by Gasteiger charge is -2.09. The van der Waals surface area contributed by atoms with Crippen molar-refractivity contribution >= 4 is 22.9 Å². The molecule has 0 radical (unpaired) electrons. The van der Waals surface area contributed by atoms with Gasteiger partial charge in [-0.15, -0.1) is 0 Å². The largest absolute Gasteiger partial charge is 0.496 e. The average molecular weight is 346 g/mol. The molecule has 26 heavy (non-hydrogen) atoms. The number of amides is 1. The smallest absolute Gasteiger partial charge is 0.275 e. The lowest BCUT2D eigenvalue weighted by molar-refractivity contribution is 0.0952. The molecule has 0 aromatic heterocycles. The SMILES string of the molecule is COc1cc2ccccc2cc1C(=O)N/N=C\c1ccc(C(C)C)cc1. The summed E-state index contributed by atoms with van der Waals surface area (Å²) >= 11 is 0. The monoisotopic (exact) mass is 346 g/mol. The number of carbonyl (C=O) groups is 1. The van der Waals surface area contributed by atoms with Gasteiger partial charge in [0.05, 0.1) is 18.9 Å². The topological polar surface area (TPSA) is 50.7 Å². The predicted molar refractivity (Wildman–Crippen MR) is 106 cm³/mol. The molecule has 0 aliphatic carbocycles. The van der Waals surface area contributed by atoms with Gasteiger partial charge in [0.2, 0.25) is 0 Å². The molecule has 132 valence electrons. The first-order valence-electron chi connectivity index (χ1n) is 8.58. The van der Waals surface area contributed by atoms with Gasteiger partial charge in [-0.25, -0.2) is 5.43 Å². The van der Waals surface area contributed by atoms with Crippen LogP contribution >= 0.6 is 0 Å². The third kappa shape index (κ3) is 3.91. The summed E-state index contributed by atoms with van der Waals surface area (Å²) < 4.78 is 5.36.